The van der Waals surface area contributed by atoms with Crippen LogP contribution in [0.15, 0.2) is 30.7 Å². The van der Waals surface area contributed by atoms with Crippen molar-refractivity contribution >= 4 is 10.9 Å². The van der Waals surface area contributed by atoms with Crippen molar-refractivity contribution in [3.8, 4) is 0 Å². The molecule has 1 heterocycles. The Kier molecular flexibility index (Phi) is 2.30. The molecule has 78 valence electrons. The molecule has 15 heavy (non-hydrogen) atoms. The number of rotatable bonds is 1. The second kappa shape index (κ2) is 3.49. The van der Waals surface area contributed by atoms with Gasteiger partial charge in [-0.05, 0) is 5.56 Å². The first kappa shape index (κ1) is 9.89. The molecule has 0 atom stereocenters. The zero-order valence-corrected chi connectivity index (χ0v) is 7.62. The summed E-state index contributed by atoms with van der Waals surface area (Å²) in [6, 6.07) is 4.70. The standard InChI is InChI=1S/C10H7F3N2/c11-10(12,13)4-7-2-1-3-8-5-14-6-15-9(7)8/h1-3,5-6H,4H2. The van der Waals surface area contributed by atoms with Crippen molar-refractivity contribution < 1.29 is 13.2 Å². The number of nitrogens with zero attached hydrogens (tertiary/aromatic N) is 2. The lowest BCUT2D eigenvalue weighted by molar-refractivity contribution is -0.127. The summed E-state index contributed by atoms with van der Waals surface area (Å²) in [6.45, 7) is 0. The fourth-order valence-electron chi connectivity index (χ4n) is 1.44. The van der Waals surface area contributed by atoms with E-state index >= 15 is 0 Å². The maximum Gasteiger partial charge on any atom is 0.393 e. The predicted molar refractivity (Wildman–Crippen MR) is 49.3 cm³/mol. The highest BCUT2D eigenvalue weighted by Crippen LogP contribution is 2.25. The summed E-state index contributed by atoms with van der Waals surface area (Å²) >= 11 is 0. The molecule has 0 aliphatic carbocycles. The zero-order valence-electron chi connectivity index (χ0n) is 7.62. The summed E-state index contributed by atoms with van der Waals surface area (Å²) in [6.07, 6.45) is -2.41. The monoisotopic (exact) mass is 212 g/mol. The summed E-state index contributed by atoms with van der Waals surface area (Å²) in [4.78, 5) is 7.61. The van der Waals surface area contributed by atoms with Gasteiger partial charge in [-0.15, -0.1) is 0 Å². The Morgan fingerprint density at radius 1 is 1.20 bits per heavy atom. The molecule has 0 N–H and O–H groups in total. The third-order valence-electron chi connectivity index (χ3n) is 2.01. The number of halogens is 3. The largest absolute Gasteiger partial charge is 0.393 e. The number of para-hydroxylation sites is 1. The first-order valence-electron chi connectivity index (χ1n) is 4.30. The average Bonchev–Trinajstić information content (AvgIpc) is 2.16. The van der Waals surface area contributed by atoms with Crippen LogP contribution in [-0.4, -0.2) is 16.1 Å². The van der Waals surface area contributed by atoms with Gasteiger partial charge in [0, 0.05) is 11.6 Å². The molecule has 2 aromatic rings. The van der Waals surface area contributed by atoms with Crippen molar-refractivity contribution in [1.29, 1.82) is 0 Å². The van der Waals surface area contributed by atoms with Gasteiger partial charge in [-0.3, -0.25) is 0 Å². The summed E-state index contributed by atoms with van der Waals surface area (Å²) in [5, 5.41) is 0.624. The number of fused-ring (bicyclic) bond motifs is 1. The third-order valence-corrected chi connectivity index (χ3v) is 2.01. The highest BCUT2D eigenvalue weighted by atomic mass is 19.4. The van der Waals surface area contributed by atoms with E-state index in [0.717, 1.165) is 0 Å². The van der Waals surface area contributed by atoms with Crippen molar-refractivity contribution in [2.45, 2.75) is 12.6 Å². The minimum atomic E-state index is -4.21. The van der Waals surface area contributed by atoms with Gasteiger partial charge in [-0.2, -0.15) is 13.2 Å². The summed E-state index contributed by atoms with van der Waals surface area (Å²) < 4.78 is 36.7. The Morgan fingerprint density at radius 2 is 2.00 bits per heavy atom. The van der Waals surface area contributed by atoms with Crippen molar-refractivity contribution in [2.75, 3.05) is 0 Å². The van der Waals surface area contributed by atoms with E-state index in [0.29, 0.717) is 10.9 Å². The molecule has 0 saturated heterocycles. The van der Waals surface area contributed by atoms with Gasteiger partial charge in [0.05, 0.1) is 11.9 Å². The Balaban J connectivity index is 2.52. The highest BCUT2D eigenvalue weighted by molar-refractivity contribution is 5.80. The molecule has 0 radical (unpaired) electrons. The van der Waals surface area contributed by atoms with E-state index in [1.54, 1.807) is 12.1 Å². The Bertz CT molecular complexity index is 474. The van der Waals surface area contributed by atoms with E-state index in [1.807, 2.05) is 0 Å². The van der Waals surface area contributed by atoms with Gasteiger partial charge < -0.3 is 0 Å². The van der Waals surface area contributed by atoms with Crippen LogP contribution < -0.4 is 0 Å². The second-order valence-electron chi connectivity index (χ2n) is 3.17. The van der Waals surface area contributed by atoms with Crippen LogP contribution in [0.4, 0.5) is 13.2 Å². The van der Waals surface area contributed by atoms with Gasteiger partial charge in [-0.25, -0.2) is 9.97 Å². The van der Waals surface area contributed by atoms with Crippen LogP contribution >= 0.6 is 0 Å². The SMILES string of the molecule is FC(F)(F)Cc1cccc2cncnc12. The molecule has 1 aromatic heterocycles. The van der Waals surface area contributed by atoms with Crippen LogP contribution in [0.5, 0.6) is 0 Å². The van der Waals surface area contributed by atoms with E-state index < -0.39 is 12.6 Å². The van der Waals surface area contributed by atoms with E-state index in [9.17, 15) is 13.2 Å². The van der Waals surface area contributed by atoms with Crippen molar-refractivity contribution in [3.63, 3.8) is 0 Å². The maximum absolute atomic E-state index is 12.2. The second-order valence-corrected chi connectivity index (χ2v) is 3.17. The fraction of sp³-hybridized carbons (Fsp3) is 0.200. The lowest BCUT2D eigenvalue weighted by Gasteiger charge is -2.07. The van der Waals surface area contributed by atoms with Gasteiger partial charge in [0.15, 0.2) is 0 Å². The van der Waals surface area contributed by atoms with Crippen molar-refractivity contribution in [2.24, 2.45) is 0 Å². The molecule has 0 saturated carbocycles. The molecule has 2 rings (SSSR count). The van der Waals surface area contributed by atoms with Crippen molar-refractivity contribution in [1.82, 2.24) is 9.97 Å². The number of aromatic nitrogens is 2. The molecule has 1 aromatic carbocycles. The molecule has 0 bridgehead atoms. The first-order chi connectivity index (χ1) is 7.06. The molecule has 0 aliphatic heterocycles. The first-order valence-corrected chi connectivity index (χ1v) is 4.30. The van der Waals surface area contributed by atoms with E-state index in [-0.39, 0.29) is 5.56 Å². The molecule has 0 aliphatic rings. The molecular weight excluding hydrogens is 205 g/mol. The predicted octanol–water partition coefficient (Wildman–Crippen LogP) is 2.73. The van der Waals surface area contributed by atoms with Crippen LogP contribution in [0, 0.1) is 0 Å². The molecular formula is C10H7F3N2. The molecule has 2 nitrogen and oxygen atoms in total. The summed E-state index contributed by atoms with van der Waals surface area (Å²) in [5.41, 5.74) is 0.548. The maximum atomic E-state index is 12.2. The van der Waals surface area contributed by atoms with Crippen LogP contribution in [0.2, 0.25) is 0 Å². The Morgan fingerprint density at radius 3 is 2.73 bits per heavy atom. The lowest BCUT2D eigenvalue weighted by Crippen LogP contribution is -2.12. The molecule has 0 fully saturated rings. The van der Waals surface area contributed by atoms with Gasteiger partial charge >= 0.3 is 6.18 Å². The number of hydrogen-bond acceptors (Lipinski definition) is 2. The van der Waals surface area contributed by atoms with E-state index in [1.165, 1.54) is 18.6 Å². The molecule has 5 heteroatoms. The van der Waals surface area contributed by atoms with E-state index in [2.05, 4.69) is 9.97 Å². The minimum absolute atomic E-state index is 0.183. The third kappa shape index (κ3) is 2.23. The van der Waals surface area contributed by atoms with Gasteiger partial charge in [-0.1, -0.05) is 18.2 Å². The summed E-state index contributed by atoms with van der Waals surface area (Å²) in [5.74, 6) is 0. The van der Waals surface area contributed by atoms with Crippen LogP contribution in [0.25, 0.3) is 10.9 Å². The normalized spacial score (nSPS) is 11.9. The van der Waals surface area contributed by atoms with Gasteiger partial charge in [0.2, 0.25) is 0 Å². The zero-order chi connectivity index (χ0) is 10.9. The van der Waals surface area contributed by atoms with Crippen LogP contribution in [0.1, 0.15) is 5.56 Å². The molecule has 0 spiro atoms. The lowest BCUT2D eigenvalue weighted by atomic mass is 10.1. The van der Waals surface area contributed by atoms with Crippen molar-refractivity contribution in [3.05, 3.63) is 36.3 Å². The average molecular weight is 212 g/mol. The van der Waals surface area contributed by atoms with Crippen LogP contribution in [0.3, 0.4) is 0 Å². The number of alkyl halides is 3. The van der Waals surface area contributed by atoms with Gasteiger partial charge in [0.25, 0.3) is 0 Å². The van der Waals surface area contributed by atoms with E-state index in [4.69, 9.17) is 0 Å². The quantitative estimate of drug-likeness (QED) is 0.726. The van der Waals surface area contributed by atoms with Gasteiger partial charge in [0.1, 0.15) is 6.33 Å². The number of benzene rings is 1. The number of hydrogen-bond donors (Lipinski definition) is 0. The van der Waals surface area contributed by atoms with Crippen LogP contribution in [-0.2, 0) is 6.42 Å². The topological polar surface area (TPSA) is 25.8 Å². The Labute approximate surface area is 83.8 Å². The minimum Gasteiger partial charge on any atom is -0.244 e. The molecule has 0 unspecified atom stereocenters. The summed E-state index contributed by atoms with van der Waals surface area (Å²) in [7, 11) is 0. The fourth-order valence-corrected chi connectivity index (χ4v) is 1.44. The Hall–Kier alpha value is -1.65. The molecule has 0 amide bonds. The highest BCUT2D eigenvalue weighted by Gasteiger charge is 2.28. The smallest absolute Gasteiger partial charge is 0.244 e.